The number of carbonyl (C=O) groups is 1. The Hall–Kier alpha value is -3.09. The fourth-order valence-corrected chi connectivity index (χ4v) is 1.88. The topological polar surface area (TPSA) is 93.2 Å². The van der Waals surface area contributed by atoms with Gasteiger partial charge < -0.3 is 14.8 Å². The zero-order valence-corrected chi connectivity index (χ0v) is 10.9. The monoisotopic (exact) mass is 284 g/mol. The smallest absolute Gasteiger partial charge is 0.371 e. The molecule has 0 saturated carbocycles. The van der Waals surface area contributed by atoms with Gasteiger partial charge in [-0.15, -0.1) is 0 Å². The maximum Gasteiger partial charge on any atom is 0.371 e. The van der Waals surface area contributed by atoms with E-state index in [0.29, 0.717) is 18.1 Å². The highest BCUT2D eigenvalue weighted by molar-refractivity contribution is 5.84. The number of nitrogens with zero attached hydrogens (tertiary/aromatic N) is 3. The van der Waals surface area contributed by atoms with Crippen molar-refractivity contribution >= 4 is 11.7 Å². The number of carboxylic acids is 1. The number of aromatic carboxylic acids is 1. The van der Waals surface area contributed by atoms with E-state index in [0.717, 1.165) is 5.69 Å². The van der Waals surface area contributed by atoms with Crippen molar-refractivity contribution in [1.82, 2.24) is 14.8 Å². The Kier molecular flexibility index (Phi) is 3.38. The Labute approximate surface area is 119 Å². The minimum Gasteiger partial charge on any atom is -0.475 e. The Balaban J connectivity index is 1.77. The lowest BCUT2D eigenvalue weighted by molar-refractivity contribution is 0.0660. The molecule has 0 aliphatic heterocycles. The van der Waals surface area contributed by atoms with Gasteiger partial charge in [0, 0.05) is 18.6 Å². The molecule has 3 rings (SSSR count). The molecule has 3 heterocycles. The average molecular weight is 284 g/mol. The maximum absolute atomic E-state index is 10.8. The van der Waals surface area contributed by atoms with Crippen LogP contribution >= 0.6 is 0 Å². The van der Waals surface area contributed by atoms with E-state index >= 15 is 0 Å². The molecule has 7 heteroatoms. The second-order valence-electron chi connectivity index (χ2n) is 4.25. The van der Waals surface area contributed by atoms with Crippen molar-refractivity contribution in [2.24, 2.45) is 0 Å². The van der Waals surface area contributed by atoms with E-state index in [1.54, 1.807) is 35.4 Å². The van der Waals surface area contributed by atoms with Crippen LogP contribution in [0.15, 0.2) is 53.3 Å². The van der Waals surface area contributed by atoms with E-state index in [1.165, 1.54) is 6.07 Å². The van der Waals surface area contributed by atoms with Crippen LogP contribution in [0.3, 0.4) is 0 Å². The summed E-state index contributed by atoms with van der Waals surface area (Å²) in [4.78, 5) is 15.0. The van der Waals surface area contributed by atoms with Crippen LogP contribution in [0.1, 0.15) is 16.3 Å². The Morgan fingerprint density at radius 2 is 2.19 bits per heavy atom. The molecule has 21 heavy (non-hydrogen) atoms. The minimum atomic E-state index is -1.08. The molecule has 2 N–H and O–H groups in total. The third-order valence-electron chi connectivity index (χ3n) is 2.83. The third kappa shape index (κ3) is 2.76. The lowest BCUT2D eigenvalue weighted by Crippen LogP contribution is -2.06. The summed E-state index contributed by atoms with van der Waals surface area (Å²) < 4.78 is 6.84. The summed E-state index contributed by atoms with van der Waals surface area (Å²) in [6.07, 6.45) is 5.14. The summed E-state index contributed by atoms with van der Waals surface area (Å²) in [7, 11) is 0. The highest BCUT2D eigenvalue weighted by atomic mass is 16.4. The second kappa shape index (κ2) is 5.49. The van der Waals surface area contributed by atoms with E-state index in [4.69, 9.17) is 9.52 Å². The molecule has 0 aromatic carbocycles. The molecule has 7 nitrogen and oxygen atoms in total. The van der Waals surface area contributed by atoms with Gasteiger partial charge in [-0.3, -0.25) is 0 Å². The molecule has 0 radical (unpaired) electrons. The molecule has 0 aliphatic carbocycles. The summed E-state index contributed by atoms with van der Waals surface area (Å²) >= 11 is 0. The first-order valence-corrected chi connectivity index (χ1v) is 6.25. The SMILES string of the molecule is O=C(O)c1ccc(CNc2cccnc2-n2cccn2)o1. The van der Waals surface area contributed by atoms with Crippen LogP contribution in [0.2, 0.25) is 0 Å². The number of aromatic nitrogens is 3. The largest absolute Gasteiger partial charge is 0.475 e. The Bertz CT molecular complexity index is 749. The van der Waals surface area contributed by atoms with Gasteiger partial charge in [0.25, 0.3) is 0 Å². The Morgan fingerprint density at radius 3 is 2.90 bits per heavy atom. The molecule has 0 fully saturated rings. The van der Waals surface area contributed by atoms with Crippen LogP contribution in [0.5, 0.6) is 0 Å². The first-order valence-electron chi connectivity index (χ1n) is 6.25. The van der Waals surface area contributed by atoms with Gasteiger partial charge in [0.2, 0.25) is 5.76 Å². The van der Waals surface area contributed by atoms with Gasteiger partial charge in [-0.25, -0.2) is 14.5 Å². The molecule has 0 spiro atoms. The fraction of sp³-hybridized carbons (Fsp3) is 0.0714. The summed E-state index contributed by atoms with van der Waals surface area (Å²) in [5.74, 6) is 0.0281. The highest BCUT2D eigenvalue weighted by Crippen LogP contribution is 2.18. The van der Waals surface area contributed by atoms with Crippen molar-refractivity contribution in [3.8, 4) is 5.82 Å². The maximum atomic E-state index is 10.8. The number of hydrogen-bond acceptors (Lipinski definition) is 5. The van der Waals surface area contributed by atoms with Gasteiger partial charge in [-0.05, 0) is 30.3 Å². The van der Waals surface area contributed by atoms with E-state index in [-0.39, 0.29) is 5.76 Å². The van der Waals surface area contributed by atoms with E-state index in [2.05, 4.69) is 15.4 Å². The molecule has 0 aliphatic rings. The molecular formula is C14H12N4O3. The number of carboxylic acid groups (broad SMARTS) is 1. The predicted molar refractivity (Wildman–Crippen MR) is 74.4 cm³/mol. The van der Waals surface area contributed by atoms with E-state index in [1.807, 2.05) is 12.1 Å². The van der Waals surface area contributed by atoms with Crippen molar-refractivity contribution in [3.63, 3.8) is 0 Å². The van der Waals surface area contributed by atoms with Crippen LogP contribution in [0, 0.1) is 0 Å². The third-order valence-corrected chi connectivity index (χ3v) is 2.83. The van der Waals surface area contributed by atoms with Crippen LogP contribution in [-0.4, -0.2) is 25.8 Å². The molecule has 0 saturated heterocycles. The molecule has 3 aromatic heterocycles. The Morgan fingerprint density at radius 1 is 1.29 bits per heavy atom. The van der Waals surface area contributed by atoms with E-state index in [9.17, 15) is 4.79 Å². The number of hydrogen-bond donors (Lipinski definition) is 2. The van der Waals surface area contributed by atoms with Gasteiger partial charge in [-0.2, -0.15) is 5.10 Å². The molecule has 0 atom stereocenters. The zero-order chi connectivity index (χ0) is 14.7. The van der Waals surface area contributed by atoms with Gasteiger partial charge in [-0.1, -0.05) is 0 Å². The van der Waals surface area contributed by atoms with Crippen molar-refractivity contribution in [3.05, 3.63) is 60.4 Å². The van der Waals surface area contributed by atoms with Crippen molar-refractivity contribution in [2.45, 2.75) is 6.54 Å². The van der Waals surface area contributed by atoms with Crippen LogP contribution < -0.4 is 5.32 Å². The molecular weight excluding hydrogens is 272 g/mol. The molecule has 3 aromatic rings. The van der Waals surface area contributed by atoms with Crippen molar-refractivity contribution in [1.29, 1.82) is 0 Å². The lowest BCUT2D eigenvalue weighted by Gasteiger charge is -2.09. The van der Waals surface area contributed by atoms with Crippen LogP contribution in [0.25, 0.3) is 5.82 Å². The second-order valence-corrected chi connectivity index (χ2v) is 4.25. The zero-order valence-electron chi connectivity index (χ0n) is 10.9. The van der Waals surface area contributed by atoms with Gasteiger partial charge in [0.05, 0.1) is 12.2 Å². The summed E-state index contributed by atoms with van der Waals surface area (Å²) in [6, 6.07) is 8.53. The normalized spacial score (nSPS) is 10.5. The molecule has 106 valence electrons. The van der Waals surface area contributed by atoms with Crippen LogP contribution in [-0.2, 0) is 6.54 Å². The summed E-state index contributed by atoms with van der Waals surface area (Å²) in [6.45, 7) is 0.354. The van der Waals surface area contributed by atoms with Gasteiger partial charge >= 0.3 is 5.97 Å². The molecule has 0 bridgehead atoms. The van der Waals surface area contributed by atoms with Crippen molar-refractivity contribution < 1.29 is 14.3 Å². The van der Waals surface area contributed by atoms with Gasteiger partial charge in [0.15, 0.2) is 5.82 Å². The van der Waals surface area contributed by atoms with Crippen LogP contribution in [0.4, 0.5) is 5.69 Å². The first kappa shape index (κ1) is 12.9. The number of rotatable bonds is 5. The average Bonchev–Trinajstić information content (AvgIpc) is 3.17. The highest BCUT2D eigenvalue weighted by Gasteiger charge is 2.10. The summed E-state index contributed by atoms with van der Waals surface area (Å²) in [5, 5.41) is 16.1. The number of nitrogens with one attached hydrogen (secondary N) is 1. The molecule has 0 unspecified atom stereocenters. The summed E-state index contributed by atoms with van der Waals surface area (Å²) in [5.41, 5.74) is 0.773. The number of pyridine rings is 1. The van der Waals surface area contributed by atoms with Crippen molar-refractivity contribution in [2.75, 3.05) is 5.32 Å². The minimum absolute atomic E-state index is 0.0784. The molecule has 0 amide bonds. The standard InChI is InChI=1S/C14H12N4O3/c19-14(20)12-5-4-10(21-12)9-16-11-3-1-6-15-13(11)18-8-2-7-17-18/h1-8,16H,9H2,(H,19,20). The quantitative estimate of drug-likeness (QED) is 0.745. The number of furan rings is 1. The lowest BCUT2D eigenvalue weighted by atomic mass is 10.3. The fourth-order valence-electron chi connectivity index (χ4n) is 1.88. The van der Waals surface area contributed by atoms with E-state index < -0.39 is 5.97 Å². The first-order chi connectivity index (χ1) is 10.2. The van der Waals surface area contributed by atoms with Gasteiger partial charge in [0.1, 0.15) is 5.76 Å². The number of anilines is 1. The predicted octanol–water partition coefficient (Wildman–Crippen LogP) is 2.17.